The van der Waals surface area contributed by atoms with E-state index in [0.29, 0.717) is 53.5 Å². The highest BCUT2D eigenvalue weighted by molar-refractivity contribution is 6.09. The molecule has 15 heteroatoms. The number of amides is 2. The number of hydrogen-bond donors (Lipinski definition) is 2. The van der Waals surface area contributed by atoms with Crippen LogP contribution in [0.25, 0.3) is 16.9 Å². The predicted octanol–water partition coefficient (Wildman–Crippen LogP) is 3.75. The van der Waals surface area contributed by atoms with Crippen LogP contribution in [0.1, 0.15) is 60.5 Å². The zero-order valence-electron chi connectivity index (χ0n) is 25.1. The predicted molar refractivity (Wildman–Crippen MR) is 157 cm³/mol. The van der Waals surface area contributed by atoms with Crippen molar-refractivity contribution in [2.45, 2.75) is 69.2 Å². The lowest BCUT2D eigenvalue weighted by Gasteiger charge is -2.62. The number of carbonyl (C=O) groups is 2. The highest BCUT2D eigenvalue weighted by atomic mass is 19.3. The van der Waals surface area contributed by atoms with E-state index >= 15 is 0 Å². The zero-order chi connectivity index (χ0) is 32.2. The van der Waals surface area contributed by atoms with E-state index in [0.717, 1.165) is 5.69 Å². The Balaban J connectivity index is 0.955. The van der Waals surface area contributed by atoms with Crippen LogP contribution in [0.3, 0.4) is 0 Å². The molecule has 8 rings (SSSR count). The van der Waals surface area contributed by atoms with E-state index in [1.807, 2.05) is 24.0 Å². The molecule has 0 aromatic carbocycles. The number of carbonyl (C=O) groups excluding carboxylic acids is 2. The van der Waals surface area contributed by atoms with Crippen LogP contribution in [0.15, 0.2) is 41.3 Å². The van der Waals surface area contributed by atoms with Gasteiger partial charge in [-0.2, -0.15) is 10.1 Å². The molecule has 4 aromatic rings. The molecule has 2 aliphatic heterocycles. The first-order valence-electron chi connectivity index (χ1n) is 15.2. The van der Waals surface area contributed by atoms with Gasteiger partial charge in [0.25, 0.3) is 18.2 Å². The summed E-state index contributed by atoms with van der Waals surface area (Å²) < 4.78 is 47.6. The lowest BCUT2D eigenvalue weighted by molar-refractivity contribution is -0.209. The highest BCUT2D eigenvalue weighted by Crippen LogP contribution is 2.57. The SMILES string of the molecule is Cc1ncc(-c2noc([C@H]3CN(C(=O)C4(F)CC4)[C@@H]3C)n2)cc1NC(=O)c1cnn2ccc(N3CC4(C3)CC(O)(C(F)F)C4)cc12. The number of anilines is 2. The van der Waals surface area contributed by atoms with Crippen molar-refractivity contribution in [1.82, 2.24) is 29.6 Å². The van der Waals surface area contributed by atoms with Gasteiger partial charge in [0.05, 0.1) is 34.6 Å². The second kappa shape index (κ2) is 9.74. The minimum absolute atomic E-state index is 0.0781. The van der Waals surface area contributed by atoms with Crippen LogP contribution in [-0.4, -0.2) is 89.9 Å². The normalized spacial score (nSPS) is 23.6. The first kappa shape index (κ1) is 28.9. The summed E-state index contributed by atoms with van der Waals surface area (Å²) in [5, 5.41) is 21.3. The Morgan fingerprint density at radius 3 is 2.63 bits per heavy atom. The molecule has 0 unspecified atom stereocenters. The van der Waals surface area contributed by atoms with E-state index < -0.39 is 29.5 Å². The van der Waals surface area contributed by atoms with Gasteiger partial charge in [0.2, 0.25) is 11.7 Å². The number of aromatic nitrogens is 5. The Morgan fingerprint density at radius 2 is 1.93 bits per heavy atom. The number of nitrogens with zero attached hydrogens (tertiary/aromatic N) is 7. The number of hydrogen-bond acceptors (Lipinski definition) is 9. The molecule has 4 aliphatic rings. The molecule has 4 aromatic heterocycles. The molecule has 2 saturated carbocycles. The molecule has 240 valence electrons. The Morgan fingerprint density at radius 1 is 1.17 bits per heavy atom. The van der Waals surface area contributed by atoms with Gasteiger partial charge >= 0.3 is 0 Å². The fraction of sp³-hybridized carbons (Fsp3) is 0.484. The van der Waals surface area contributed by atoms with Crippen molar-refractivity contribution in [2.24, 2.45) is 5.41 Å². The molecule has 0 bridgehead atoms. The lowest BCUT2D eigenvalue weighted by Crippen LogP contribution is -2.70. The highest BCUT2D eigenvalue weighted by Gasteiger charge is 2.63. The number of aryl methyl sites for hydroxylation is 1. The molecule has 46 heavy (non-hydrogen) atoms. The van der Waals surface area contributed by atoms with Crippen molar-refractivity contribution in [2.75, 3.05) is 29.9 Å². The summed E-state index contributed by atoms with van der Waals surface area (Å²) in [5.74, 6) is -0.473. The van der Waals surface area contributed by atoms with Crippen molar-refractivity contribution >= 4 is 28.7 Å². The van der Waals surface area contributed by atoms with E-state index in [1.54, 1.807) is 29.9 Å². The number of nitrogens with one attached hydrogen (secondary N) is 1. The van der Waals surface area contributed by atoms with Crippen LogP contribution in [0.5, 0.6) is 0 Å². The number of halogens is 3. The van der Waals surface area contributed by atoms with E-state index in [1.165, 1.54) is 11.1 Å². The number of rotatable bonds is 7. The number of fused-ring (bicyclic) bond motifs is 1. The van der Waals surface area contributed by atoms with Crippen LogP contribution >= 0.6 is 0 Å². The molecule has 2 atom stereocenters. The number of likely N-dealkylation sites (tertiary alicyclic amines) is 1. The molecule has 6 heterocycles. The van der Waals surface area contributed by atoms with Gasteiger partial charge in [-0.3, -0.25) is 14.6 Å². The Bertz CT molecular complexity index is 1890. The number of pyridine rings is 2. The third-order valence-electron chi connectivity index (χ3n) is 10.1. The van der Waals surface area contributed by atoms with Gasteiger partial charge in [-0.05, 0) is 57.7 Å². The first-order valence-corrected chi connectivity index (χ1v) is 15.2. The molecular formula is C31H31F3N8O4. The molecule has 2 N–H and O–H groups in total. The van der Waals surface area contributed by atoms with Crippen molar-refractivity contribution in [1.29, 1.82) is 0 Å². The lowest BCUT2D eigenvalue weighted by atomic mass is 9.55. The van der Waals surface area contributed by atoms with Gasteiger partial charge in [-0.1, -0.05) is 5.16 Å². The third kappa shape index (κ3) is 4.46. The van der Waals surface area contributed by atoms with E-state index in [-0.39, 0.29) is 48.9 Å². The summed E-state index contributed by atoms with van der Waals surface area (Å²) in [6, 6.07) is 5.12. The maximum absolute atomic E-state index is 14.3. The number of alkyl halides is 3. The van der Waals surface area contributed by atoms with Crippen LogP contribution in [0, 0.1) is 12.3 Å². The molecule has 2 aliphatic carbocycles. The Kier molecular flexibility index (Phi) is 6.12. The Labute approximate surface area is 260 Å². The van der Waals surface area contributed by atoms with Crippen molar-refractivity contribution in [3.05, 3.63) is 53.9 Å². The monoisotopic (exact) mass is 636 g/mol. The molecule has 2 amide bonds. The average molecular weight is 637 g/mol. The van der Waals surface area contributed by atoms with Gasteiger partial charge in [0.15, 0.2) is 5.67 Å². The smallest absolute Gasteiger partial charge is 0.266 e. The van der Waals surface area contributed by atoms with Crippen LogP contribution in [0.4, 0.5) is 24.5 Å². The maximum atomic E-state index is 14.3. The second-order valence-corrected chi connectivity index (χ2v) is 13.4. The zero-order valence-corrected chi connectivity index (χ0v) is 25.1. The van der Waals surface area contributed by atoms with E-state index in [4.69, 9.17) is 4.52 Å². The van der Waals surface area contributed by atoms with Crippen LogP contribution in [-0.2, 0) is 4.79 Å². The molecule has 1 spiro atoms. The fourth-order valence-corrected chi connectivity index (χ4v) is 7.13. The van der Waals surface area contributed by atoms with Crippen LogP contribution in [0.2, 0.25) is 0 Å². The standard InChI is InChI=1S/C31H31F3N8O4/c1-16-22(7-18(9-35-16)24-38-26(46-39-24)21-11-41(17(21)2)28(44)30(34)4-5-30)37-25(43)20-10-36-42-6-3-19(8-23(20)42)40-14-29(15-40)12-31(45,13-29)27(32)33/h3,6-10,17,21,27,45H,4-5,11-15H2,1-2H3,(H,37,43)/t17-,21+/m1/s1. The van der Waals surface area contributed by atoms with Gasteiger partial charge < -0.3 is 24.7 Å². The largest absolute Gasteiger partial charge is 0.384 e. The summed E-state index contributed by atoms with van der Waals surface area (Å²) in [4.78, 5) is 38.3. The van der Waals surface area contributed by atoms with Gasteiger partial charge in [-0.15, -0.1) is 0 Å². The number of aliphatic hydroxyl groups is 1. The topological polar surface area (TPSA) is 142 Å². The summed E-state index contributed by atoms with van der Waals surface area (Å²) in [5.41, 5.74) is -0.665. The van der Waals surface area contributed by atoms with Crippen molar-refractivity contribution in [3.63, 3.8) is 0 Å². The molecular weight excluding hydrogens is 605 g/mol. The second-order valence-electron chi connectivity index (χ2n) is 13.4. The quantitative estimate of drug-likeness (QED) is 0.310. The molecule has 4 fully saturated rings. The van der Waals surface area contributed by atoms with E-state index in [2.05, 4.69) is 25.5 Å². The van der Waals surface area contributed by atoms with Gasteiger partial charge in [0.1, 0.15) is 5.60 Å². The van der Waals surface area contributed by atoms with Crippen molar-refractivity contribution in [3.8, 4) is 11.4 Å². The minimum atomic E-state index is -2.75. The van der Waals surface area contributed by atoms with Gasteiger partial charge in [0, 0.05) is 54.7 Å². The minimum Gasteiger partial charge on any atom is -0.384 e. The summed E-state index contributed by atoms with van der Waals surface area (Å²) in [6.45, 7) is 5.00. The van der Waals surface area contributed by atoms with E-state index in [9.17, 15) is 27.9 Å². The summed E-state index contributed by atoms with van der Waals surface area (Å²) in [7, 11) is 0. The average Bonchev–Trinajstić information content (AvgIpc) is 3.36. The molecule has 2 saturated heterocycles. The molecule has 12 nitrogen and oxygen atoms in total. The Hall–Kier alpha value is -4.53. The summed E-state index contributed by atoms with van der Waals surface area (Å²) >= 11 is 0. The fourth-order valence-electron chi connectivity index (χ4n) is 7.13. The maximum Gasteiger partial charge on any atom is 0.266 e. The summed E-state index contributed by atoms with van der Waals surface area (Å²) in [6.07, 6.45) is 2.72. The molecule has 0 radical (unpaired) electrons. The first-order chi connectivity index (χ1) is 21.9. The third-order valence-corrected chi connectivity index (χ3v) is 10.1. The van der Waals surface area contributed by atoms with Gasteiger partial charge in [-0.25, -0.2) is 17.7 Å². The van der Waals surface area contributed by atoms with Crippen molar-refractivity contribution < 1.29 is 32.4 Å². The van der Waals surface area contributed by atoms with Crippen LogP contribution < -0.4 is 10.2 Å².